The predicted octanol–water partition coefficient (Wildman–Crippen LogP) is 2.52. The first-order valence-corrected chi connectivity index (χ1v) is 7.36. The van der Waals surface area contributed by atoms with Crippen LogP contribution < -0.4 is 0 Å². The number of rotatable bonds is 3. The van der Waals surface area contributed by atoms with E-state index in [0.717, 1.165) is 15.9 Å². The van der Waals surface area contributed by atoms with Crippen molar-refractivity contribution < 1.29 is 18.0 Å². The SMILES string of the molecule is Cc1c(CN(C)C(=O)c2c(Br)c(C(F)(F)F)nn2C)cnn1C. The quantitative estimate of drug-likeness (QED) is 0.804. The van der Waals surface area contributed by atoms with Gasteiger partial charge in [-0.05, 0) is 22.9 Å². The number of nitrogens with zero attached hydrogens (tertiary/aromatic N) is 5. The molecule has 2 aromatic rings. The molecular formula is C13H15BrF3N5O. The van der Waals surface area contributed by atoms with E-state index in [1.807, 2.05) is 6.92 Å². The van der Waals surface area contributed by atoms with E-state index in [9.17, 15) is 18.0 Å². The molecule has 0 radical (unpaired) electrons. The summed E-state index contributed by atoms with van der Waals surface area (Å²) < 4.78 is 40.8. The molecule has 0 spiro atoms. The second-order valence-corrected chi connectivity index (χ2v) is 5.97. The van der Waals surface area contributed by atoms with Crippen LogP contribution in [0.2, 0.25) is 0 Å². The Morgan fingerprint density at radius 2 is 1.96 bits per heavy atom. The van der Waals surface area contributed by atoms with Gasteiger partial charge in [0.05, 0.1) is 10.7 Å². The third-order valence-electron chi connectivity index (χ3n) is 3.55. The van der Waals surface area contributed by atoms with Crippen LogP contribution >= 0.6 is 15.9 Å². The Balaban J connectivity index is 2.30. The highest BCUT2D eigenvalue weighted by atomic mass is 79.9. The van der Waals surface area contributed by atoms with Crippen molar-refractivity contribution in [1.29, 1.82) is 0 Å². The first-order chi connectivity index (χ1) is 10.5. The molecule has 126 valence electrons. The van der Waals surface area contributed by atoms with Crippen LogP contribution in [0.5, 0.6) is 0 Å². The van der Waals surface area contributed by atoms with E-state index in [0.29, 0.717) is 0 Å². The molecule has 0 saturated heterocycles. The van der Waals surface area contributed by atoms with Gasteiger partial charge in [-0.3, -0.25) is 14.2 Å². The van der Waals surface area contributed by atoms with Crippen molar-refractivity contribution in [3.8, 4) is 0 Å². The van der Waals surface area contributed by atoms with Gasteiger partial charge < -0.3 is 4.90 Å². The number of aryl methyl sites for hydroxylation is 2. The second kappa shape index (κ2) is 5.99. The van der Waals surface area contributed by atoms with E-state index in [-0.39, 0.29) is 16.7 Å². The van der Waals surface area contributed by atoms with Crippen LogP contribution in [0.25, 0.3) is 0 Å². The van der Waals surface area contributed by atoms with Gasteiger partial charge in [-0.1, -0.05) is 0 Å². The molecule has 0 aliphatic heterocycles. The highest BCUT2D eigenvalue weighted by Gasteiger charge is 2.39. The Bertz CT molecular complexity index is 750. The molecule has 0 bridgehead atoms. The van der Waals surface area contributed by atoms with Crippen LogP contribution in [-0.2, 0) is 26.8 Å². The number of hydrogen-bond donors (Lipinski definition) is 0. The number of halogens is 4. The average Bonchev–Trinajstić information content (AvgIpc) is 2.91. The summed E-state index contributed by atoms with van der Waals surface area (Å²) in [4.78, 5) is 13.8. The molecule has 0 N–H and O–H groups in total. The van der Waals surface area contributed by atoms with E-state index in [2.05, 4.69) is 26.1 Å². The highest BCUT2D eigenvalue weighted by Crippen LogP contribution is 2.35. The summed E-state index contributed by atoms with van der Waals surface area (Å²) in [6, 6.07) is 0. The summed E-state index contributed by atoms with van der Waals surface area (Å²) in [7, 11) is 4.59. The van der Waals surface area contributed by atoms with Gasteiger partial charge in [-0.25, -0.2) is 0 Å². The van der Waals surface area contributed by atoms with E-state index in [1.54, 1.807) is 17.9 Å². The molecule has 0 unspecified atom stereocenters. The first-order valence-electron chi connectivity index (χ1n) is 6.56. The first kappa shape index (κ1) is 17.5. The zero-order valence-corrected chi connectivity index (χ0v) is 14.5. The molecule has 2 aromatic heterocycles. The standard InChI is InChI=1S/C13H15BrF3N5O/c1-7-8(5-18-21(7)3)6-20(2)12(23)10-9(14)11(13(15,16)17)19-22(10)4/h5H,6H2,1-4H3. The van der Waals surface area contributed by atoms with Crippen LogP contribution in [0.1, 0.15) is 27.4 Å². The van der Waals surface area contributed by atoms with Gasteiger partial charge in [-0.15, -0.1) is 0 Å². The molecule has 0 aliphatic carbocycles. The molecule has 0 aliphatic rings. The summed E-state index contributed by atoms with van der Waals surface area (Å²) in [5.74, 6) is -0.564. The number of hydrogen-bond acceptors (Lipinski definition) is 3. The fourth-order valence-corrected chi connectivity index (χ4v) is 2.85. The normalized spacial score (nSPS) is 11.8. The molecule has 0 atom stereocenters. The summed E-state index contributed by atoms with van der Waals surface area (Å²) in [6.45, 7) is 2.08. The second-order valence-electron chi connectivity index (χ2n) is 5.17. The number of carbonyl (C=O) groups excluding carboxylic acids is 1. The molecule has 0 fully saturated rings. The van der Waals surface area contributed by atoms with Crippen LogP contribution in [0.4, 0.5) is 13.2 Å². The van der Waals surface area contributed by atoms with Crippen LogP contribution in [0.15, 0.2) is 10.7 Å². The molecule has 23 heavy (non-hydrogen) atoms. The Kier molecular flexibility index (Phi) is 4.56. The molecular weight excluding hydrogens is 379 g/mol. The molecule has 2 rings (SSSR count). The lowest BCUT2D eigenvalue weighted by molar-refractivity contribution is -0.142. The third-order valence-corrected chi connectivity index (χ3v) is 4.30. The van der Waals surface area contributed by atoms with E-state index in [4.69, 9.17) is 0 Å². The molecule has 10 heteroatoms. The number of aromatic nitrogens is 4. The molecule has 2 heterocycles. The number of carbonyl (C=O) groups is 1. The molecule has 0 saturated carbocycles. The van der Waals surface area contributed by atoms with Gasteiger partial charge in [-0.2, -0.15) is 23.4 Å². The van der Waals surface area contributed by atoms with Crippen molar-refractivity contribution in [3.63, 3.8) is 0 Å². The van der Waals surface area contributed by atoms with Gasteiger partial charge in [0.25, 0.3) is 5.91 Å². The zero-order valence-electron chi connectivity index (χ0n) is 12.9. The predicted molar refractivity (Wildman–Crippen MR) is 79.7 cm³/mol. The summed E-state index contributed by atoms with van der Waals surface area (Å²) >= 11 is 2.84. The lowest BCUT2D eigenvalue weighted by Gasteiger charge is -2.17. The monoisotopic (exact) mass is 393 g/mol. The van der Waals surface area contributed by atoms with Crippen LogP contribution in [0, 0.1) is 6.92 Å². The zero-order chi connectivity index (χ0) is 17.5. The van der Waals surface area contributed by atoms with Crippen molar-refractivity contribution in [2.24, 2.45) is 14.1 Å². The minimum atomic E-state index is -4.63. The lowest BCUT2D eigenvalue weighted by Crippen LogP contribution is -2.28. The third kappa shape index (κ3) is 3.26. The summed E-state index contributed by atoms with van der Waals surface area (Å²) in [5, 5.41) is 7.47. The fraction of sp³-hybridized carbons (Fsp3) is 0.462. The molecule has 6 nitrogen and oxygen atoms in total. The Morgan fingerprint density at radius 1 is 1.35 bits per heavy atom. The van der Waals surface area contributed by atoms with Crippen molar-refractivity contribution in [2.45, 2.75) is 19.6 Å². The largest absolute Gasteiger partial charge is 0.436 e. The van der Waals surface area contributed by atoms with Gasteiger partial charge in [0, 0.05) is 38.9 Å². The average molecular weight is 394 g/mol. The van der Waals surface area contributed by atoms with Crippen LogP contribution in [0.3, 0.4) is 0 Å². The van der Waals surface area contributed by atoms with E-state index in [1.165, 1.54) is 19.0 Å². The number of amides is 1. The van der Waals surface area contributed by atoms with Crippen molar-refractivity contribution >= 4 is 21.8 Å². The maximum absolute atomic E-state index is 12.9. The highest BCUT2D eigenvalue weighted by molar-refractivity contribution is 9.10. The molecule has 1 amide bonds. The van der Waals surface area contributed by atoms with Crippen molar-refractivity contribution in [2.75, 3.05) is 7.05 Å². The lowest BCUT2D eigenvalue weighted by atomic mass is 10.2. The summed E-state index contributed by atoms with van der Waals surface area (Å²) in [5.41, 5.74) is 0.429. The van der Waals surface area contributed by atoms with Crippen molar-refractivity contribution in [3.05, 3.63) is 33.3 Å². The summed E-state index contributed by atoms with van der Waals surface area (Å²) in [6.07, 6.45) is -3.01. The maximum atomic E-state index is 12.9. The van der Waals surface area contributed by atoms with Gasteiger partial charge in [0.2, 0.25) is 0 Å². The Labute approximate surface area is 139 Å². The van der Waals surface area contributed by atoms with E-state index < -0.39 is 17.8 Å². The van der Waals surface area contributed by atoms with Crippen molar-refractivity contribution in [1.82, 2.24) is 24.5 Å². The smallest absolute Gasteiger partial charge is 0.336 e. The minimum absolute atomic E-state index is 0.152. The van der Waals surface area contributed by atoms with Crippen LogP contribution in [-0.4, -0.2) is 37.4 Å². The van der Waals surface area contributed by atoms with Gasteiger partial charge in [0.15, 0.2) is 5.69 Å². The van der Waals surface area contributed by atoms with Gasteiger partial charge in [0.1, 0.15) is 5.69 Å². The van der Waals surface area contributed by atoms with Gasteiger partial charge >= 0.3 is 6.18 Å². The molecule has 0 aromatic carbocycles. The minimum Gasteiger partial charge on any atom is -0.336 e. The topological polar surface area (TPSA) is 56.0 Å². The number of alkyl halides is 3. The van der Waals surface area contributed by atoms with E-state index >= 15 is 0 Å². The Hall–Kier alpha value is -1.84. The maximum Gasteiger partial charge on any atom is 0.436 e. The fourth-order valence-electron chi connectivity index (χ4n) is 2.12. The Morgan fingerprint density at radius 3 is 2.39 bits per heavy atom.